The van der Waals surface area contributed by atoms with Crippen molar-refractivity contribution in [1.29, 1.82) is 0 Å². The Balaban J connectivity index is 2.18. The van der Waals surface area contributed by atoms with Crippen molar-refractivity contribution in [1.82, 2.24) is 9.78 Å². The zero-order valence-corrected chi connectivity index (χ0v) is 11.0. The highest BCUT2D eigenvalue weighted by Crippen LogP contribution is 2.19. The molecule has 0 aliphatic carbocycles. The summed E-state index contributed by atoms with van der Waals surface area (Å²) >= 11 is 0. The van der Waals surface area contributed by atoms with Crippen LogP contribution in [0, 0.1) is 20.8 Å². The van der Waals surface area contributed by atoms with E-state index in [0.29, 0.717) is 12.2 Å². The van der Waals surface area contributed by atoms with Gasteiger partial charge < -0.3 is 10.8 Å². The van der Waals surface area contributed by atoms with E-state index < -0.39 is 6.10 Å². The van der Waals surface area contributed by atoms with Crippen LogP contribution in [0.5, 0.6) is 0 Å². The van der Waals surface area contributed by atoms with Gasteiger partial charge in [0.05, 0.1) is 18.3 Å². The lowest BCUT2D eigenvalue weighted by Crippen LogP contribution is -2.11. The molecule has 1 heterocycles. The molecule has 4 heteroatoms. The summed E-state index contributed by atoms with van der Waals surface area (Å²) in [5, 5.41) is 14.6. The van der Waals surface area contributed by atoms with Crippen molar-refractivity contribution in [3.05, 3.63) is 46.8 Å². The number of benzene rings is 1. The van der Waals surface area contributed by atoms with Gasteiger partial charge in [-0.05, 0) is 44.0 Å². The highest BCUT2D eigenvalue weighted by Gasteiger charge is 2.13. The van der Waals surface area contributed by atoms with Crippen molar-refractivity contribution >= 4 is 5.69 Å². The van der Waals surface area contributed by atoms with Gasteiger partial charge in [0.15, 0.2) is 0 Å². The molecule has 2 rings (SSSR count). The lowest BCUT2D eigenvalue weighted by atomic mass is 10.1. The molecule has 96 valence electrons. The van der Waals surface area contributed by atoms with Crippen LogP contribution in [-0.2, 0) is 6.54 Å². The Hall–Kier alpha value is -1.81. The van der Waals surface area contributed by atoms with Gasteiger partial charge in [-0.1, -0.05) is 12.1 Å². The summed E-state index contributed by atoms with van der Waals surface area (Å²) in [7, 11) is 0. The van der Waals surface area contributed by atoms with Crippen molar-refractivity contribution in [3.8, 4) is 0 Å². The minimum Gasteiger partial charge on any atom is -0.399 e. The normalized spacial score (nSPS) is 12.7. The topological polar surface area (TPSA) is 64.1 Å². The molecule has 0 bridgehead atoms. The second-order valence-corrected chi connectivity index (χ2v) is 4.66. The van der Waals surface area contributed by atoms with Gasteiger partial charge in [-0.2, -0.15) is 5.10 Å². The SMILES string of the molecule is Cc1nn(CC(O)c2ccc(N)cc2)c(C)c1C. The molecule has 1 atom stereocenters. The van der Waals surface area contributed by atoms with E-state index >= 15 is 0 Å². The molecule has 0 amide bonds. The van der Waals surface area contributed by atoms with E-state index in [-0.39, 0.29) is 0 Å². The summed E-state index contributed by atoms with van der Waals surface area (Å²) in [6.45, 7) is 6.51. The molecule has 1 unspecified atom stereocenters. The first-order valence-corrected chi connectivity index (χ1v) is 6.03. The molecule has 1 aromatic carbocycles. The predicted molar refractivity (Wildman–Crippen MR) is 72.3 cm³/mol. The lowest BCUT2D eigenvalue weighted by molar-refractivity contribution is 0.150. The quantitative estimate of drug-likeness (QED) is 0.814. The summed E-state index contributed by atoms with van der Waals surface area (Å²) in [5.41, 5.74) is 10.5. The van der Waals surface area contributed by atoms with Crippen LogP contribution >= 0.6 is 0 Å². The number of rotatable bonds is 3. The summed E-state index contributed by atoms with van der Waals surface area (Å²) in [4.78, 5) is 0. The number of aromatic nitrogens is 2. The number of hydrogen-bond acceptors (Lipinski definition) is 3. The van der Waals surface area contributed by atoms with E-state index in [2.05, 4.69) is 5.10 Å². The molecule has 2 aromatic rings. The van der Waals surface area contributed by atoms with Gasteiger partial charge in [0, 0.05) is 11.4 Å². The number of nitrogens with zero attached hydrogens (tertiary/aromatic N) is 2. The molecule has 4 nitrogen and oxygen atoms in total. The third-order valence-corrected chi connectivity index (χ3v) is 3.41. The highest BCUT2D eigenvalue weighted by atomic mass is 16.3. The molecule has 0 fully saturated rings. The first-order chi connectivity index (χ1) is 8.49. The van der Waals surface area contributed by atoms with E-state index in [0.717, 1.165) is 17.0 Å². The number of aliphatic hydroxyl groups excluding tert-OH is 1. The van der Waals surface area contributed by atoms with E-state index in [1.165, 1.54) is 5.56 Å². The Kier molecular flexibility index (Phi) is 3.39. The van der Waals surface area contributed by atoms with Gasteiger partial charge in [0.25, 0.3) is 0 Å². The molecule has 1 aromatic heterocycles. The van der Waals surface area contributed by atoms with Crippen molar-refractivity contribution < 1.29 is 5.11 Å². The van der Waals surface area contributed by atoms with Crippen LogP contribution in [0.1, 0.15) is 28.6 Å². The van der Waals surface area contributed by atoms with Crippen LogP contribution in [0.3, 0.4) is 0 Å². The van der Waals surface area contributed by atoms with Gasteiger partial charge in [-0.3, -0.25) is 4.68 Å². The van der Waals surface area contributed by atoms with Crippen molar-refractivity contribution in [2.24, 2.45) is 0 Å². The number of nitrogen functional groups attached to an aromatic ring is 1. The summed E-state index contributed by atoms with van der Waals surface area (Å²) < 4.78 is 1.85. The number of aryl methyl sites for hydroxylation is 1. The van der Waals surface area contributed by atoms with Crippen LogP contribution in [-0.4, -0.2) is 14.9 Å². The fourth-order valence-corrected chi connectivity index (χ4v) is 1.95. The third-order valence-electron chi connectivity index (χ3n) is 3.41. The Labute approximate surface area is 107 Å². The molecule has 0 aliphatic heterocycles. The van der Waals surface area contributed by atoms with Crippen molar-refractivity contribution in [2.75, 3.05) is 5.73 Å². The fourth-order valence-electron chi connectivity index (χ4n) is 1.95. The van der Waals surface area contributed by atoms with E-state index in [1.807, 2.05) is 37.6 Å². The van der Waals surface area contributed by atoms with Gasteiger partial charge in [0.2, 0.25) is 0 Å². The van der Waals surface area contributed by atoms with Crippen LogP contribution in [0.4, 0.5) is 5.69 Å². The van der Waals surface area contributed by atoms with Crippen molar-refractivity contribution in [2.45, 2.75) is 33.4 Å². The van der Waals surface area contributed by atoms with Crippen molar-refractivity contribution in [3.63, 3.8) is 0 Å². The summed E-state index contributed by atoms with van der Waals surface area (Å²) in [6, 6.07) is 7.28. The Morgan fingerprint density at radius 2 is 1.83 bits per heavy atom. The first kappa shape index (κ1) is 12.6. The second-order valence-electron chi connectivity index (χ2n) is 4.66. The molecule has 0 aliphatic rings. The molecular formula is C14H19N3O. The largest absolute Gasteiger partial charge is 0.399 e. The maximum atomic E-state index is 10.2. The average Bonchev–Trinajstić information content (AvgIpc) is 2.58. The van der Waals surface area contributed by atoms with E-state index in [1.54, 1.807) is 12.1 Å². The first-order valence-electron chi connectivity index (χ1n) is 6.03. The summed E-state index contributed by atoms with van der Waals surface area (Å²) in [6.07, 6.45) is -0.567. The monoisotopic (exact) mass is 245 g/mol. The highest BCUT2D eigenvalue weighted by molar-refractivity contribution is 5.39. The zero-order chi connectivity index (χ0) is 13.3. The molecular weight excluding hydrogens is 226 g/mol. The van der Waals surface area contributed by atoms with E-state index in [4.69, 9.17) is 5.73 Å². The molecule has 18 heavy (non-hydrogen) atoms. The van der Waals surface area contributed by atoms with Crippen LogP contribution in [0.15, 0.2) is 24.3 Å². The second kappa shape index (κ2) is 4.82. The molecule has 0 saturated carbocycles. The molecule has 3 N–H and O–H groups in total. The van der Waals surface area contributed by atoms with Crippen LogP contribution < -0.4 is 5.73 Å². The molecule has 0 saturated heterocycles. The Morgan fingerprint density at radius 3 is 2.33 bits per heavy atom. The maximum Gasteiger partial charge on any atom is 0.0986 e. The van der Waals surface area contributed by atoms with Gasteiger partial charge >= 0.3 is 0 Å². The van der Waals surface area contributed by atoms with Crippen LogP contribution in [0.25, 0.3) is 0 Å². The number of nitrogens with two attached hydrogens (primary N) is 1. The fraction of sp³-hybridized carbons (Fsp3) is 0.357. The van der Waals surface area contributed by atoms with Gasteiger partial charge in [-0.25, -0.2) is 0 Å². The standard InChI is InChI=1S/C14H19N3O/c1-9-10(2)16-17(11(9)3)8-14(18)12-4-6-13(15)7-5-12/h4-7,14,18H,8,15H2,1-3H3. The Bertz CT molecular complexity index is 543. The molecule has 0 radical (unpaired) electrons. The van der Waals surface area contributed by atoms with Gasteiger partial charge in [-0.15, -0.1) is 0 Å². The predicted octanol–water partition coefficient (Wildman–Crippen LogP) is 2.12. The average molecular weight is 245 g/mol. The molecule has 0 spiro atoms. The number of aliphatic hydroxyl groups is 1. The smallest absolute Gasteiger partial charge is 0.0986 e. The van der Waals surface area contributed by atoms with E-state index in [9.17, 15) is 5.11 Å². The summed E-state index contributed by atoms with van der Waals surface area (Å²) in [5.74, 6) is 0. The number of anilines is 1. The van der Waals surface area contributed by atoms with Gasteiger partial charge in [0.1, 0.15) is 0 Å². The third kappa shape index (κ3) is 2.38. The maximum absolute atomic E-state index is 10.2. The number of hydrogen-bond donors (Lipinski definition) is 2. The minimum absolute atomic E-state index is 0.463. The zero-order valence-electron chi connectivity index (χ0n) is 11.0. The Morgan fingerprint density at radius 1 is 1.22 bits per heavy atom. The van der Waals surface area contributed by atoms with Crippen LogP contribution in [0.2, 0.25) is 0 Å². The minimum atomic E-state index is -0.567. The lowest BCUT2D eigenvalue weighted by Gasteiger charge is -2.12.